The van der Waals surface area contributed by atoms with Gasteiger partial charge >= 0.3 is 6.09 Å². The molecule has 3 N–H and O–H groups in total. The average molecular weight is 281 g/mol. The number of imidazole rings is 1. The number of cyclic esters (lactones) is 1. The summed E-state index contributed by atoms with van der Waals surface area (Å²) in [6.07, 6.45) is -0.448. The van der Waals surface area contributed by atoms with Gasteiger partial charge in [-0.3, -0.25) is 5.32 Å². The first-order valence-electron chi connectivity index (χ1n) is 6.45. The summed E-state index contributed by atoms with van der Waals surface area (Å²) in [5, 5.41) is 12.0. The third-order valence-electron chi connectivity index (χ3n) is 3.44. The van der Waals surface area contributed by atoms with Gasteiger partial charge in [-0.1, -0.05) is 0 Å². The van der Waals surface area contributed by atoms with Crippen LogP contribution in [0.25, 0.3) is 22.4 Å². The van der Waals surface area contributed by atoms with Crippen molar-refractivity contribution in [1.29, 1.82) is 0 Å². The van der Waals surface area contributed by atoms with Crippen molar-refractivity contribution in [3.8, 4) is 17.1 Å². The van der Waals surface area contributed by atoms with E-state index in [1.165, 1.54) is 0 Å². The zero-order valence-electron chi connectivity index (χ0n) is 10.9. The van der Waals surface area contributed by atoms with Gasteiger partial charge in [-0.25, -0.2) is 9.78 Å². The Morgan fingerprint density at radius 2 is 2.00 bits per heavy atom. The van der Waals surface area contributed by atoms with Crippen LogP contribution in [0.2, 0.25) is 0 Å². The Bertz CT molecular complexity index is 852. The summed E-state index contributed by atoms with van der Waals surface area (Å²) in [6.45, 7) is 0.255. The maximum atomic E-state index is 11.2. The Morgan fingerprint density at radius 1 is 1.19 bits per heavy atom. The summed E-state index contributed by atoms with van der Waals surface area (Å²) in [4.78, 5) is 19.0. The van der Waals surface area contributed by atoms with E-state index in [1.807, 2.05) is 12.1 Å². The number of anilines is 1. The predicted octanol–water partition coefficient (Wildman–Crippen LogP) is 3.00. The summed E-state index contributed by atoms with van der Waals surface area (Å²) in [5.74, 6) is 0.921. The number of phenolic OH excluding ortho intramolecular Hbond substituents is 1. The fourth-order valence-corrected chi connectivity index (χ4v) is 2.38. The van der Waals surface area contributed by atoms with Gasteiger partial charge in [0.1, 0.15) is 18.2 Å². The van der Waals surface area contributed by atoms with Crippen LogP contribution in [0, 0.1) is 0 Å². The molecule has 0 saturated carbocycles. The molecule has 3 aromatic rings. The Hall–Kier alpha value is -3.02. The lowest BCUT2D eigenvalue weighted by molar-refractivity contribution is 0.151. The smallest absolute Gasteiger partial charge is 0.411 e. The minimum absolute atomic E-state index is 0.213. The first-order chi connectivity index (χ1) is 10.2. The van der Waals surface area contributed by atoms with E-state index in [9.17, 15) is 9.90 Å². The molecule has 6 heteroatoms. The van der Waals surface area contributed by atoms with Crippen LogP contribution < -0.4 is 5.32 Å². The molecule has 6 nitrogen and oxygen atoms in total. The summed E-state index contributed by atoms with van der Waals surface area (Å²) < 4.78 is 4.95. The molecule has 4 rings (SSSR count). The minimum atomic E-state index is -0.448. The van der Waals surface area contributed by atoms with Crippen molar-refractivity contribution in [3.05, 3.63) is 42.0 Å². The number of carbonyl (C=O) groups excluding carboxylic acids is 1. The molecule has 104 valence electrons. The van der Waals surface area contributed by atoms with E-state index in [0.717, 1.165) is 27.8 Å². The van der Waals surface area contributed by atoms with Crippen molar-refractivity contribution in [2.75, 3.05) is 5.32 Å². The number of benzene rings is 2. The molecule has 0 unspecified atom stereocenters. The number of rotatable bonds is 1. The van der Waals surface area contributed by atoms with E-state index in [4.69, 9.17) is 4.74 Å². The molecular weight excluding hydrogens is 270 g/mol. The Morgan fingerprint density at radius 3 is 2.81 bits per heavy atom. The van der Waals surface area contributed by atoms with E-state index >= 15 is 0 Å². The molecule has 0 fully saturated rings. The fourth-order valence-electron chi connectivity index (χ4n) is 2.38. The van der Waals surface area contributed by atoms with E-state index in [2.05, 4.69) is 15.3 Å². The number of nitrogens with one attached hydrogen (secondary N) is 2. The molecule has 0 bridgehead atoms. The van der Waals surface area contributed by atoms with Gasteiger partial charge in [0.2, 0.25) is 0 Å². The maximum Gasteiger partial charge on any atom is 0.411 e. The third-order valence-corrected chi connectivity index (χ3v) is 3.44. The zero-order chi connectivity index (χ0) is 14.4. The van der Waals surface area contributed by atoms with E-state index < -0.39 is 6.09 Å². The van der Waals surface area contributed by atoms with Crippen molar-refractivity contribution in [3.63, 3.8) is 0 Å². The van der Waals surface area contributed by atoms with Crippen molar-refractivity contribution in [1.82, 2.24) is 9.97 Å². The largest absolute Gasteiger partial charge is 0.508 e. The van der Waals surface area contributed by atoms with Crippen LogP contribution in [0.4, 0.5) is 10.5 Å². The van der Waals surface area contributed by atoms with E-state index in [0.29, 0.717) is 5.82 Å². The monoisotopic (exact) mass is 281 g/mol. The van der Waals surface area contributed by atoms with Crippen molar-refractivity contribution < 1.29 is 14.6 Å². The highest BCUT2D eigenvalue weighted by Gasteiger charge is 2.17. The summed E-state index contributed by atoms with van der Waals surface area (Å²) in [5.41, 5.74) is 4.14. The summed E-state index contributed by atoms with van der Waals surface area (Å²) in [7, 11) is 0. The Labute approximate surface area is 119 Å². The second kappa shape index (κ2) is 4.24. The maximum absolute atomic E-state index is 11.2. The molecule has 21 heavy (non-hydrogen) atoms. The van der Waals surface area contributed by atoms with Crippen molar-refractivity contribution in [2.24, 2.45) is 0 Å². The molecule has 0 radical (unpaired) electrons. The van der Waals surface area contributed by atoms with Crippen molar-refractivity contribution >= 4 is 22.8 Å². The second-order valence-corrected chi connectivity index (χ2v) is 4.86. The number of fused-ring (bicyclic) bond motifs is 2. The number of phenols is 1. The molecule has 1 aromatic heterocycles. The second-order valence-electron chi connectivity index (χ2n) is 4.86. The van der Waals surface area contributed by atoms with Crippen LogP contribution in [0.15, 0.2) is 36.4 Å². The number of amides is 1. The Kier molecular flexibility index (Phi) is 2.38. The van der Waals surface area contributed by atoms with Crippen LogP contribution in [0.3, 0.4) is 0 Å². The van der Waals surface area contributed by atoms with Gasteiger partial charge in [0.05, 0.1) is 16.7 Å². The highest BCUT2D eigenvalue weighted by Crippen LogP contribution is 2.29. The molecule has 0 spiro atoms. The number of carbonyl (C=O) groups is 1. The first-order valence-corrected chi connectivity index (χ1v) is 6.45. The molecule has 1 aliphatic rings. The van der Waals surface area contributed by atoms with Crippen LogP contribution in [0.1, 0.15) is 5.56 Å². The van der Waals surface area contributed by atoms with Crippen LogP contribution in [-0.2, 0) is 11.3 Å². The molecule has 0 saturated heterocycles. The number of H-pyrrole nitrogens is 1. The van der Waals surface area contributed by atoms with Gasteiger partial charge in [-0.2, -0.15) is 0 Å². The average Bonchev–Trinajstić information content (AvgIpc) is 2.88. The van der Waals surface area contributed by atoms with Crippen LogP contribution in [-0.4, -0.2) is 21.2 Å². The van der Waals surface area contributed by atoms with Gasteiger partial charge in [0.25, 0.3) is 0 Å². The molecular formula is C15H11N3O3. The number of hydrogen-bond donors (Lipinski definition) is 3. The number of aromatic hydroxyl groups is 1. The SMILES string of the molecule is O=C1Nc2cc3nc(-c4ccc(O)cc4)[nH]c3cc2CO1. The third kappa shape index (κ3) is 1.97. The first kappa shape index (κ1) is 11.8. The zero-order valence-corrected chi connectivity index (χ0v) is 10.9. The van der Waals surface area contributed by atoms with Crippen LogP contribution >= 0.6 is 0 Å². The van der Waals surface area contributed by atoms with Crippen molar-refractivity contribution in [2.45, 2.75) is 6.61 Å². The lowest BCUT2D eigenvalue weighted by atomic mass is 10.1. The summed E-state index contributed by atoms with van der Waals surface area (Å²) in [6, 6.07) is 10.5. The molecule has 2 aromatic carbocycles. The highest BCUT2D eigenvalue weighted by atomic mass is 16.5. The van der Waals surface area contributed by atoms with Gasteiger partial charge < -0.3 is 14.8 Å². The predicted molar refractivity (Wildman–Crippen MR) is 77.0 cm³/mol. The molecule has 2 heterocycles. The van der Waals surface area contributed by atoms with Gasteiger partial charge in [-0.15, -0.1) is 0 Å². The molecule has 0 aliphatic carbocycles. The number of ether oxygens (including phenoxy) is 1. The fraction of sp³-hybridized carbons (Fsp3) is 0.0667. The van der Waals surface area contributed by atoms with E-state index in [-0.39, 0.29) is 12.4 Å². The van der Waals surface area contributed by atoms with Gasteiger partial charge in [0.15, 0.2) is 0 Å². The number of hydrogen-bond acceptors (Lipinski definition) is 4. The number of aromatic amines is 1. The van der Waals surface area contributed by atoms with Gasteiger partial charge in [-0.05, 0) is 36.4 Å². The molecule has 1 aliphatic heterocycles. The normalized spacial score (nSPS) is 13.6. The number of nitrogens with zero attached hydrogens (tertiary/aromatic N) is 1. The lowest BCUT2D eigenvalue weighted by Gasteiger charge is -2.16. The standard InChI is InChI=1S/C15H11N3O3/c19-10-3-1-8(2-4-10)14-16-12-5-9-7-21-15(20)18-11(9)6-13(12)17-14/h1-6,19H,7H2,(H,16,17)(H,18,20). The summed E-state index contributed by atoms with van der Waals surface area (Å²) >= 11 is 0. The quantitative estimate of drug-likeness (QED) is 0.640. The van der Waals surface area contributed by atoms with Gasteiger partial charge in [0, 0.05) is 11.1 Å². The van der Waals surface area contributed by atoms with Crippen LogP contribution in [0.5, 0.6) is 5.75 Å². The van der Waals surface area contributed by atoms with E-state index in [1.54, 1.807) is 24.3 Å². The Balaban J connectivity index is 1.83. The lowest BCUT2D eigenvalue weighted by Crippen LogP contribution is -2.20. The topological polar surface area (TPSA) is 87.2 Å². The minimum Gasteiger partial charge on any atom is -0.508 e. The highest BCUT2D eigenvalue weighted by molar-refractivity contribution is 5.92. The number of aromatic nitrogens is 2. The molecule has 0 atom stereocenters. The molecule has 1 amide bonds.